The van der Waals surface area contributed by atoms with E-state index in [1.807, 2.05) is 72.8 Å². The van der Waals surface area contributed by atoms with E-state index in [0.29, 0.717) is 19.4 Å². The zero-order chi connectivity index (χ0) is 25.8. The predicted molar refractivity (Wildman–Crippen MR) is 142 cm³/mol. The third kappa shape index (κ3) is 8.52. The fourth-order valence-electron chi connectivity index (χ4n) is 4.36. The molecule has 3 N–H and O–H groups in total. The first-order chi connectivity index (χ1) is 17.5. The van der Waals surface area contributed by atoms with Gasteiger partial charge in [0.1, 0.15) is 6.04 Å². The van der Waals surface area contributed by atoms with Gasteiger partial charge in [-0.3, -0.25) is 14.4 Å². The summed E-state index contributed by atoms with van der Waals surface area (Å²) in [6, 6.07) is 22.8. The zero-order valence-electron chi connectivity index (χ0n) is 20.9. The molecule has 3 aromatic carbocycles. The summed E-state index contributed by atoms with van der Waals surface area (Å²) in [5, 5.41) is 17.3. The van der Waals surface area contributed by atoms with E-state index < -0.39 is 17.9 Å². The van der Waals surface area contributed by atoms with Crippen molar-refractivity contribution < 1.29 is 19.5 Å². The lowest BCUT2D eigenvalue weighted by molar-refractivity contribution is -0.141. The van der Waals surface area contributed by atoms with Gasteiger partial charge in [-0.1, -0.05) is 105 Å². The van der Waals surface area contributed by atoms with Crippen LogP contribution in [0.15, 0.2) is 72.8 Å². The number of fused-ring (bicyclic) bond motifs is 1. The van der Waals surface area contributed by atoms with Crippen LogP contribution < -0.4 is 10.6 Å². The molecule has 0 aromatic heterocycles. The Hall–Kier alpha value is -3.67. The van der Waals surface area contributed by atoms with Gasteiger partial charge in [0, 0.05) is 18.9 Å². The van der Waals surface area contributed by atoms with E-state index in [4.69, 9.17) is 0 Å². The third-order valence-electron chi connectivity index (χ3n) is 6.39. The van der Waals surface area contributed by atoms with E-state index >= 15 is 0 Å². The fourth-order valence-corrected chi connectivity index (χ4v) is 4.36. The molecular weight excluding hydrogens is 452 g/mol. The second-order valence-electron chi connectivity index (χ2n) is 9.29. The molecule has 36 heavy (non-hydrogen) atoms. The Bertz CT molecular complexity index is 1150. The van der Waals surface area contributed by atoms with Gasteiger partial charge >= 0.3 is 5.97 Å². The van der Waals surface area contributed by atoms with Gasteiger partial charge in [0.15, 0.2) is 0 Å². The van der Waals surface area contributed by atoms with Gasteiger partial charge in [-0.05, 0) is 28.3 Å². The largest absolute Gasteiger partial charge is 0.481 e. The van der Waals surface area contributed by atoms with Crippen LogP contribution in [0.5, 0.6) is 0 Å². The summed E-state index contributed by atoms with van der Waals surface area (Å²) in [4.78, 5) is 37.8. The lowest BCUT2D eigenvalue weighted by Gasteiger charge is -2.22. The molecule has 0 aliphatic heterocycles. The number of aliphatic carboxylic acids is 1. The van der Waals surface area contributed by atoms with Crippen molar-refractivity contribution in [3.05, 3.63) is 83.9 Å². The Morgan fingerprint density at radius 2 is 1.53 bits per heavy atom. The number of unbranched alkanes of at least 4 members (excludes halogenated alkanes) is 3. The van der Waals surface area contributed by atoms with Crippen LogP contribution in [0.4, 0.5) is 0 Å². The third-order valence-corrected chi connectivity index (χ3v) is 6.39. The van der Waals surface area contributed by atoms with Crippen LogP contribution in [-0.4, -0.2) is 28.9 Å². The maximum absolute atomic E-state index is 13.2. The maximum atomic E-state index is 13.2. The van der Waals surface area contributed by atoms with E-state index in [1.54, 1.807) is 0 Å². The van der Waals surface area contributed by atoms with Gasteiger partial charge in [0.05, 0.1) is 6.42 Å². The fraction of sp³-hybridized carbons (Fsp3) is 0.367. The number of carboxylic acid groups (broad SMARTS) is 1. The minimum absolute atomic E-state index is 0.244. The second kappa shape index (κ2) is 14.0. The summed E-state index contributed by atoms with van der Waals surface area (Å²) in [5.74, 6) is -2.35. The second-order valence-corrected chi connectivity index (χ2v) is 9.29. The average molecular weight is 489 g/mol. The molecule has 3 aromatic rings. The number of nitrogens with one attached hydrogen (secondary N) is 2. The van der Waals surface area contributed by atoms with Crippen molar-refractivity contribution in [2.24, 2.45) is 5.92 Å². The highest BCUT2D eigenvalue weighted by molar-refractivity contribution is 5.90. The summed E-state index contributed by atoms with van der Waals surface area (Å²) >= 11 is 0. The molecule has 2 amide bonds. The molecule has 0 saturated carbocycles. The monoisotopic (exact) mass is 488 g/mol. The molecule has 2 atom stereocenters. The van der Waals surface area contributed by atoms with Crippen molar-refractivity contribution in [2.45, 2.75) is 64.5 Å². The van der Waals surface area contributed by atoms with E-state index in [-0.39, 0.29) is 18.2 Å². The first-order valence-corrected chi connectivity index (χ1v) is 12.8. The number of amides is 2. The highest BCUT2D eigenvalue weighted by Gasteiger charge is 2.27. The number of carbonyl (C=O) groups excluding carboxylic acids is 2. The lowest BCUT2D eigenvalue weighted by atomic mass is 9.95. The summed E-state index contributed by atoms with van der Waals surface area (Å²) in [7, 11) is 0. The number of rotatable bonds is 14. The van der Waals surface area contributed by atoms with Crippen molar-refractivity contribution >= 4 is 28.6 Å². The molecule has 190 valence electrons. The van der Waals surface area contributed by atoms with Crippen molar-refractivity contribution in [3.63, 3.8) is 0 Å². The van der Waals surface area contributed by atoms with Crippen molar-refractivity contribution in [2.75, 3.05) is 0 Å². The van der Waals surface area contributed by atoms with Crippen molar-refractivity contribution in [1.82, 2.24) is 10.6 Å². The minimum Gasteiger partial charge on any atom is -0.481 e. The molecule has 6 heteroatoms. The molecule has 1 unspecified atom stereocenters. The standard InChI is InChI=1S/C30H36N2O4/c1-2-3-4-8-15-26(20-28(33)34)29(35)32-27(30(36)31-21-22-11-6-5-7-12-22)19-23-16-17-24-13-9-10-14-25(24)18-23/h5-7,9-14,16-18,26-27H,2-4,8,15,19-21H2,1H3,(H,31,36)(H,32,35)(H,33,34)/t26?,27-/m0/s1. The lowest BCUT2D eigenvalue weighted by Crippen LogP contribution is -2.49. The maximum Gasteiger partial charge on any atom is 0.304 e. The topological polar surface area (TPSA) is 95.5 Å². The molecule has 0 fully saturated rings. The number of hydrogen-bond donors (Lipinski definition) is 3. The van der Waals surface area contributed by atoms with Crippen LogP contribution in [0.3, 0.4) is 0 Å². The van der Waals surface area contributed by atoms with Gasteiger partial charge < -0.3 is 15.7 Å². The first-order valence-electron chi connectivity index (χ1n) is 12.8. The van der Waals surface area contributed by atoms with Crippen LogP contribution in [-0.2, 0) is 27.3 Å². The molecule has 0 bridgehead atoms. The molecule has 0 spiro atoms. The van der Waals surface area contributed by atoms with Crippen LogP contribution in [0.2, 0.25) is 0 Å². The number of benzene rings is 3. The van der Waals surface area contributed by atoms with Gasteiger partial charge in [-0.25, -0.2) is 0 Å². The van der Waals surface area contributed by atoms with Gasteiger partial charge in [0.2, 0.25) is 11.8 Å². The van der Waals surface area contributed by atoms with Gasteiger partial charge in [-0.2, -0.15) is 0 Å². The Morgan fingerprint density at radius 3 is 2.25 bits per heavy atom. The average Bonchev–Trinajstić information content (AvgIpc) is 2.89. The molecule has 0 aliphatic carbocycles. The Kier molecular flexibility index (Phi) is 10.5. The Morgan fingerprint density at radius 1 is 0.806 bits per heavy atom. The zero-order valence-corrected chi connectivity index (χ0v) is 20.9. The molecule has 6 nitrogen and oxygen atoms in total. The minimum atomic E-state index is -1.01. The van der Waals surface area contributed by atoms with E-state index in [1.165, 1.54) is 0 Å². The predicted octanol–water partition coefficient (Wildman–Crippen LogP) is 5.24. The highest BCUT2D eigenvalue weighted by Crippen LogP contribution is 2.19. The van der Waals surface area contributed by atoms with Crippen LogP contribution in [0.25, 0.3) is 10.8 Å². The molecule has 0 radical (unpaired) electrons. The molecule has 0 aliphatic rings. The highest BCUT2D eigenvalue weighted by atomic mass is 16.4. The molecule has 0 heterocycles. The first kappa shape index (κ1) is 26.9. The van der Waals surface area contributed by atoms with E-state index in [9.17, 15) is 19.5 Å². The molecule has 0 saturated heterocycles. The van der Waals surface area contributed by atoms with Crippen LogP contribution in [0.1, 0.15) is 56.6 Å². The number of carboxylic acids is 1. The Balaban J connectivity index is 1.75. The molecular formula is C30H36N2O4. The molecule has 3 rings (SSSR count). The number of hydrogen-bond acceptors (Lipinski definition) is 3. The van der Waals surface area contributed by atoms with E-state index in [0.717, 1.165) is 47.6 Å². The summed E-state index contributed by atoms with van der Waals surface area (Å²) in [6.45, 7) is 2.45. The quantitative estimate of drug-likeness (QED) is 0.270. The van der Waals surface area contributed by atoms with Crippen LogP contribution >= 0.6 is 0 Å². The summed E-state index contributed by atoms with van der Waals surface area (Å²) in [5.41, 5.74) is 1.88. The smallest absolute Gasteiger partial charge is 0.304 e. The number of carbonyl (C=O) groups is 3. The van der Waals surface area contributed by atoms with E-state index in [2.05, 4.69) is 17.6 Å². The Labute approximate surface area is 213 Å². The van der Waals surface area contributed by atoms with Gasteiger partial charge in [0.25, 0.3) is 0 Å². The van der Waals surface area contributed by atoms with Crippen molar-refractivity contribution in [3.8, 4) is 0 Å². The van der Waals surface area contributed by atoms with Crippen molar-refractivity contribution in [1.29, 1.82) is 0 Å². The van der Waals surface area contributed by atoms with Gasteiger partial charge in [-0.15, -0.1) is 0 Å². The van der Waals surface area contributed by atoms with Crippen LogP contribution in [0, 0.1) is 5.92 Å². The summed E-state index contributed by atoms with van der Waals surface area (Å²) < 4.78 is 0. The summed E-state index contributed by atoms with van der Waals surface area (Å²) in [6.07, 6.45) is 4.41. The normalized spacial score (nSPS) is 12.6. The SMILES string of the molecule is CCCCCCC(CC(=O)O)C(=O)N[C@@H](Cc1ccc2ccccc2c1)C(=O)NCc1ccccc1.